The summed E-state index contributed by atoms with van der Waals surface area (Å²) < 4.78 is 7.12. The van der Waals surface area contributed by atoms with Crippen molar-refractivity contribution in [3.63, 3.8) is 0 Å². The van der Waals surface area contributed by atoms with Gasteiger partial charge in [0.25, 0.3) is 0 Å². The molecule has 0 saturated heterocycles. The Morgan fingerprint density at radius 3 is 2.56 bits per heavy atom. The maximum atomic E-state index is 10.7. The van der Waals surface area contributed by atoms with Gasteiger partial charge in [0.05, 0.1) is 1.37 Å². The molecule has 1 aromatic rings. The van der Waals surface area contributed by atoms with Crippen LogP contribution < -0.4 is 0 Å². The van der Waals surface area contributed by atoms with Gasteiger partial charge in [-0.05, 0) is 6.92 Å². The van der Waals surface area contributed by atoms with Gasteiger partial charge in [-0.2, -0.15) is 0 Å². The Balaban J connectivity index is 3.00. The molecule has 0 unspecified atom stereocenters. The summed E-state index contributed by atoms with van der Waals surface area (Å²) in [7, 11) is 0. The average Bonchev–Trinajstić information content (AvgIpc) is 1.88. The van der Waals surface area contributed by atoms with E-state index in [1.807, 2.05) is 0 Å². The lowest BCUT2D eigenvalue weighted by molar-refractivity contribution is 0.101. The minimum atomic E-state index is 0.0417. The van der Waals surface area contributed by atoms with Gasteiger partial charge in [0.15, 0.2) is 5.78 Å². The van der Waals surface area contributed by atoms with Crippen LogP contribution in [0.4, 0.5) is 0 Å². The van der Waals surface area contributed by atoms with E-state index in [0.29, 0.717) is 11.6 Å². The molecule has 9 heavy (non-hydrogen) atoms. The van der Waals surface area contributed by atoms with Crippen molar-refractivity contribution in [2.45, 2.75) is 6.92 Å². The Morgan fingerprint density at radius 2 is 2.11 bits per heavy atom. The molecule has 46 valence electrons. The van der Waals surface area contributed by atoms with Crippen LogP contribution in [0, 0.1) is 0 Å². The highest BCUT2D eigenvalue weighted by atomic mass is 16.1. The monoisotopic (exact) mass is 121 g/mol. The highest BCUT2D eigenvalue weighted by Gasteiger charge is 1.92. The van der Waals surface area contributed by atoms with E-state index < -0.39 is 0 Å². The summed E-state index contributed by atoms with van der Waals surface area (Å²) in [5.41, 5.74) is 0.663. The SMILES string of the molecule is [2H]c1ccc(C(C)=O)cc1. The van der Waals surface area contributed by atoms with Crippen molar-refractivity contribution in [3.8, 4) is 0 Å². The van der Waals surface area contributed by atoms with E-state index in [-0.39, 0.29) is 5.78 Å². The van der Waals surface area contributed by atoms with Crippen molar-refractivity contribution >= 4 is 5.78 Å². The third kappa shape index (κ3) is 1.39. The minimum absolute atomic E-state index is 0.0417. The molecule has 0 N–H and O–H groups in total. The van der Waals surface area contributed by atoms with E-state index in [2.05, 4.69) is 0 Å². The summed E-state index contributed by atoms with van der Waals surface area (Å²) in [5.74, 6) is 0.0417. The zero-order valence-corrected chi connectivity index (χ0v) is 5.22. The predicted molar refractivity (Wildman–Crippen MR) is 36.4 cm³/mol. The van der Waals surface area contributed by atoms with Gasteiger partial charge in [-0.15, -0.1) is 0 Å². The molecule has 0 saturated carbocycles. The van der Waals surface area contributed by atoms with Crippen LogP contribution in [0.2, 0.25) is 0 Å². The van der Waals surface area contributed by atoms with Crippen LogP contribution in [-0.2, 0) is 0 Å². The number of hydrogen-bond donors (Lipinski definition) is 0. The summed E-state index contributed by atoms with van der Waals surface area (Å²) in [6, 6.07) is 6.97. The molecule has 0 aromatic heterocycles. The number of carbonyl (C=O) groups is 1. The second-order valence-corrected chi connectivity index (χ2v) is 1.84. The summed E-state index contributed by atoms with van der Waals surface area (Å²) in [6.45, 7) is 1.51. The molecule has 0 aliphatic rings. The van der Waals surface area contributed by atoms with Crippen molar-refractivity contribution < 1.29 is 6.17 Å². The molecule has 0 atom stereocenters. The Bertz CT molecular complexity index is 238. The summed E-state index contributed by atoms with van der Waals surface area (Å²) in [4.78, 5) is 10.7. The maximum absolute atomic E-state index is 10.7. The van der Waals surface area contributed by atoms with Gasteiger partial charge in [0.2, 0.25) is 0 Å². The summed E-state index contributed by atoms with van der Waals surface area (Å²) >= 11 is 0. The predicted octanol–water partition coefficient (Wildman–Crippen LogP) is 1.89. The van der Waals surface area contributed by atoms with Crippen LogP contribution in [-0.4, -0.2) is 5.78 Å². The molecule has 0 heterocycles. The number of Topliss-reactive ketones (excluding diaryl/α,β-unsaturated/α-hetero) is 1. The molecule has 0 spiro atoms. The summed E-state index contributed by atoms with van der Waals surface area (Å²) in [6.07, 6.45) is 0. The Kier molecular flexibility index (Phi) is 1.29. The molecule has 0 aliphatic carbocycles. The first-order valence-corrected chi connectivity index (χ1v) is 2.78. The molecule has 0 bridgehead atoms. The zero-order chi connectivity index (χ0) is 7.56. The molecule has 0 aliphatic heterocycles. The summed E-state index contributed by atoms with van der Waals surface area (Å²) in [5, 5.41) is 0. The van der Waals surface area contributed by atoms with Crippen molar-refractivity contribution in [2.75, 3.05) is 0 Å². The Hall–Kier alpha value is -1.11. The van der Waals surface area contributed by atoms with E-state index in [0.717, 1.165) is 0 Å². The highest BCUT2D eigenvalue weighted by molar-refractivity contribution is 5.93. The lowest BCUT2D eigenvalue weighted by Gasteiger charge is -1.89. The number of benzene rings is 1. The lowest BCUT2D eigenvalue weighted by Crippen LogP contribution is -1.88. The van der Waals surface area contributed by atoms with Gasteiger partial charge < -0.3 is 0 Å². The first-order valence-electron chi connectivity index (χ1n) is 3.28. The van der Waals surface area contributed by atoms with Crippen LogP contribution in [0.5, 0.6) is 0 Å². The van der Waals surface area contributed by atoms with E-state index in [4.69, 9.17) is 1.37 Å². The topological polar surface area (TPSA) is 17.1 Å². The maximum Gasteiger partial charge on any atom is 0.159 e. The van der Waals surface area contributed by atoms with Crippen LogP contribution in [0.1, 0.15) is 18.7 Å². The number of carbonyl (C=O) groups excluding carboxylic acids is 1. The van der Waals surface area contributed by atoms with E-state index in [9.17, 15) is 4.79 Å². The molecular formula is C8H8O. The smallest absolute Gasteiger partial charge is 0.159 e. The van der Waals surface area contributed by atoms with Crippen LogP contribution in [0.15, 0.2) is 30.3 Å². The molecule has 1 nitrogen and oxygen atoms in total. The Morgan fingerprint density at radius 1 is 1.56 bits per heavy atom. The van der Waals surface area contributed by atoms with Crippen LogP contribution in [0.3, 0.4) is 0 Å². The standard InChI is InChI=1S/C8H8O/c1-7(9)8-5-3-2-4-6-8/h2-6H,1H3/i2D. The van der Waals surface area contributed by atoms with Crippen molar-refractivity contribution in [1.82, 2.24) is 0 Å². The molecule has 1 rings (SSSR count). The molecule has 1 aromatic carbocycles. The second-order valence-electron chi connectivity index (χ2n) is 1.84. The second kappa shape index (κ2) is 2.44. The first kappa shape index (κ1) is 4.74. The molecule has 0 radical (unpaired) electrons. The molecular weight excluding hydrogens is 112 g/mol. The van der Waals surface area contributed by atoms with E-state index in [1.165, 1.54) is 6.92 Å². The molecule has 0 fully saturated rings. The number of rotatable bonds is 1. The zero-order valence-electron chi connectivity index (χ0n) is 6.22. The van der Waals surface area contributed by atoms with Gasteiger partial charge in [-0.3, -0.25) is 4.79 Å². The lowest BCUT2D eigenvalue weighted by atomic mass is 10.2. The molecule has 1 heteroatoms. The molecule has 0 amide bonds. The average molecular weight is 121 g/mol. The van der Waals surface area contributed by atoms with Gasteiger partial charge >= 0.3 is 0 Å². The third-order valence-corrected chi connectivity index (χ3v) is 1.12. The van der Waals surface area contributed by atoms with Gasteiger partial charge in [-0.25, -0.2) is 0 Å². The fraction of sp³-hybridized carbons (Fsp3) is 0.125. The van der Waals surface area contributed by atoms with Gasteiger partial charge in [0, 0.05) is 5.56 Å². The minimum Gasteiger partial charge on any atom is -0.295 e. The van der Waals surface area contributed by atoms with Crippen molar-refractivity contribution in [2.24, 2.45) is 0 Å². The quantitative estimate of drug-likeness (QED) is 0.518. The van der Waals surface area contributed by atoms with Crippen molar-refractivity contribution in [1.29, 1.82) is 0 Å². The largest absolute Gasteiger partial charge is 0.295 e. The van der Waals surface area contributed by atoms with E-state index in [1.54, 1.807) is 24.3 Å². The van der Waals surface area contributed by atoms with Crippen LogP contribution in [0.25, 0.3) is 0 Å². The number of ketones is 1. The van der Waals surface area contributed by atoms with Crippen LogP contribution >= 0.6 is 0 Å². The fourth-order valence-corrected chi connectivity index (χ4v) is 0.622. The fourth-order valence-electron chi connectivity index (χ4n) is 0.622. The third-order valence-electron chi connectivity index (χ3n) is 1.12. The Labute approximate surface area is 55.7 Å². The highest BCUT2D eigenvalue weighted by Crippen LogP contribution is 1.97. The first-order chi connectivity index (χ1) is 4.70. The van der Waals surface area contributed by atoms with Gasteiger partial charge in [-0.1, -0.05) is 30.3 Å². The number of hydrogen-bond acceptors (Lipinski definition) is 1. The van der Waals surface area contributed by atoms with E-state index >= 15 is 0 Å². The van der Waals surface area contributed by atoms with Crippen molar-refractivity contribution in [3.05, 3.63) is 35.9 Å². The normalized spacial score (nSPS) is 10.6. The van der Waals surface area contributed by atoms with Gasteiger partial charge in [0.1, 0.15) is 0 Å².